The minimum atomic E-state index is 0.164. The largest absolute Gasteiger partial charge is 0.364 e. The standard InChI is InChI=1S/C18H21ClN2O/c1-2-3-17-16(8-9-20-17)18(22)21-11-14(12-21)10-13-4-6-15(19)7-5-13/h4-9,14,20H,2-3,10-12H2,1H3. The van der Waals surface area contributed by atoms with Crippen LogP contribution >= 0.6 is 11.6 Å². The van der Waals surface area contributed by atoms with Gasteiger partial charge in [0.1, 0.15) is 0 Å². The number of halogens is 1. The second kappa shape index (κ2) is 6.57. The Bertz CT molecular complexity index is 641. The van der Waals surface area contributed by atoms with Gasteiger partial charge < -0.3 is 9.88 Å². The Morgan fingerprint density at radius 2 is 2.00 bits per heavy atom. The smallest absolute Gasteiger partial charge is 0.255 e. The average Bonchev–Trinajstić information content (AvgIpc) is 2.92. The van der Waals surface area contributed by atoms with Crippen LogP contribution in [0.15, 0.2) is 36.5 Å². The molecule has 4 heteroatoms. The molecule has 0 radical (unpaired) electrons. The number of carbonyl (C=O) groups is 1. The van der Waals surface area contributed by atoms with Crippen LogP contribution in [0.3, 0.4) is 0 Å². The molecule has 0 spiro atoms. The quantitative estimate of drug-likeness (QED) is 0.891. The first kappa shape index (κ1) is 15.2. The number of aryl methyl sites for hydroxylation is 1. The van der Waals surface area contributed by atoms with Gasteiger partial charge in [-0.2, -0.15) is 0 Å². The fourth-order valence-corrected chi connectivity index (χ4v) is 3.18. The molecule has 1 aliphatic heterocycles. The highest BCUT2D eigenvalue weighted by Gasteiger charge is 2.32. The second-order valence-corrected chi connectivity index (χ2v) is 6.46. The van der Waals surface area contributed by atoms with Gasteiger partial charge in [-0.25, -0.2) is 0 Å². The van der Waals surface area contributed by atoms with Gasteiger partial charge in [0.15, 0.2) is 0 Å². The molecule has 0 unspecified atom stereocenters. The zero-order valence-corrected chi connectivity index (χ0v) is 13.6. The third kappa shape index (κ3) is 3.20. The maximum atomic E-state index is 12.5. The summed E-state index contributed by atoms with van der Waals surface area (Å²) in [7, 11) is 0. The van der Waals surface area contributed by atoms with E-state index in [-0.39, 0.29) is 5.91 Å². The van der Waals surface area contributed by atoms with E-state index in [2.05, 4.69) is 24.0 Å². The highest BCUT2D eigenvalue weighted by molar-refractivity contribution is 6.30. The van der Waals surface area contributed by atoms with E-state index in [1.165, 1.54) is 5.56 Å². The number of rotatable bonds is 5. The normalized spacial score (nSPS) is 14.9. The van der Waals surface area contributed by atoms with E-state index in [0.29, 0.717) is 5.92 Å². The molecule has 1 aromatic carbocycles. The minimum absolute atomic E-state index is 0.164. The molecular weight excluding hydrogens is 296 g/mol. The van der Waals surface area contributed by atoms with E-state index in [1.54, 1.807) is 0 Å². The van der Waals surface area contributed by atoms with Crippen molar-refractivity contribution in [2.75, 3.05) is 13.1 Å². The highest BCUT2D eigenvalue weighted by atomic mass is 35.5. The zero-order chi connectivity index (χ0) is 15.5. The van der Waals surface area contributed by atoms with Crippen LogP contribution in [0.2, 0.25) is 5.02 Å². The molecule has 3 nitrogen and oxygen atoms in total. The molecular formula is C18H21ClN2O. The zero-order valence-electron chi connectivity index (χ0n) is 12.8. The number of nitrogens with zero attached hydrogens (tertiary/aromatic N) is 1. The predicted molar refractivity (Wildman–Crippen MR) is 89.3 cm³/mol. The Kier molecular flexibility index (Phi) is 4.53. The fourth-order valence-electron chi connectivity index (χ4n) is 3.05. The van der Waals surface area contributed by atoms with Crippen LogP contribution in [-0.4, -0.2) is 28.9 Å². The van der Waals surface area contributed by atoms with Gasteiger partial charge in [-0.3, -0.25) is 4.79 Å². The number of hydrogen-bond donors (Lipinski definition) is 1. The average molecular weight is 317 g/mol. The van der Waals surface area contributed by atoms with Crippen molar-refractivity contribution >= 4 is 17.5 Å². The lowest BCUT2D eigenvalue weighted by molar-refractivity contribution is 0.0500. The number of aromatic amines is 1. The summed E-state index contributed by atoms with van der Waals surface area (Å²) in [5.74, 6) is 0.718. The summed E-state index contributed by atoms with van der Waals surface area (Å²) < 4.78 is 0. The van der Waals surface area contributed by atoms with Crippen LogP contribution in [0.4, 0.5) is 0 Å². The van der Waals surface area contributed by atoms with Crippen LogP contribution in [0.5, 0.6) is 0 Å². The van der Waals surface area contributed by atoms with Crippen LogP contribution in [0.1, 0.15) is 35.0 Å². The monoisotopic (exact) mass is 316 g/mol. The molecule has 1 fully saturated rings. The summed E-state index contributed by atoms with van der Waals surface area (Å²) in [6, 6.07) is 9.89. The third-order valence-corrected chi connectivity index (χ3v) is 4.50. The van der Waals surface area contributed by atoms with E-state index >= 15 is 0 Å². The van der Waals surface area contributed by atoms with Crippen molar-refractivity contribution in [1.29, 1.82) is 0 Å². The number of amides is 1. The van der Waals surface area contributed by atoms with Crippen molar-refractivity contribution in [2.45, 2.75) is 26.2 Å². The Morgan fingerprint density at radius 3 is 2.68 bits per heavy atom. The SMILES string of the molecule is CCCc1[nH]ccc1C(=O)N1CC(Cc2ccc(Cl)cc2)C1. The van der Waals surface area contributed by atoms with Crippen LogP contribution in [0.25, 0.3) is 0 Å². The van der Waals surface area contributed by atoms with E-state index in [1.807, 2.05) is 29.3 Å². The molecule has 1 saturated heterocycles. The molecule has 1 N–H and O–H groups in total. The van der Waals surface area contributed by atoms with E-state index in [4.69, 9.17) is 11.6 Å². The third-order valence-electron chi connectivity index (χ3n) is 4.25. The topological polar surface area (TPSA) is 36.1 Å². The van der Waals surface area contributed by atoms with Crippen molar-refractivity contribution in [3.05, 3.63) is 58.4 Å². The molecule has 3 rings (SSSR count). The number of hydrogen-bond acceptors (Lipinski definition) is 1. The minimum Gasteiger partial charge on any atom is -0.364 e. The maximum Gasteiger partial charge on any atom is 0.255 e. The summed E-state index contributed by atoms with van der Waals surface area (Å²) in [4.78, 5) is 17.6. The summed E-state index contributed by atoms with van der Waals surface area (Å²) in [5.41, 5.74) is 3.19. The van der Waals surface area contributed by atoms with Gasteiger partial charge >= 0.3 is 0 Å². The summed E-state index contributed by atoms with van der Waals surface area (Å²) in [6.45, 7) is 3.82. The Labute approximate surface area is 136 Å². The molecule has 1 aromatic heterocycles. The Hall–Kier alpha value is -1.74. The number of benzene rings is 1. The molecule has 0 bridgehead atoms. The van der Waals surface area contributed by atoms with Crippen molar-refractivity contribution in [1.82, 2.24) is 9.88 Å². The second-order valence-electron chi connectivity index (χ2n) is 6.03. The van der Waals surface area contributed by atoms with Crippen molar-refractivity contribution in [2.24, 2.45) is 5.92 Å². The number of nitrogens with one attached hydrogen (secondary N) is 1. The van der Waals surface area contributed by atoms with Crippen LogP contribution in [0, 0.1) is 5.92 Å². The van der Waals surface area contributed by atoms with E-state index in [9.17, 15) is 4.79 Å². The number of H-pyrrole nitrogens is 1. The number of aromatic nitrogens is 1. The van der Waals surface area contributed by atoms with Gasteiger partial charge in [0.05, 0.1) is 5.56 Å². The molecule has 116 valence electrons. The summed E-state index contributed by atoms with van der Waals surface area (Å²) >= 11 is 5.90. The molecule has 1 aliphatic rings. The van der Waals surface area contributed by atoms with E-state index in [0.717, 1.165) is 48.6 Å². The van der Waals surface area contributed by atoms with Gasteiger partial charge in [-0.15, -0.1) is 0 Å². The first-order valence-electron chi connectivity index (χ1n) is 7.87. The molecule has 22 heavy (non-hydrogen) atoms. The fraction of sp³-hybridized carbons (Fsp3) is 0.389. The number of likely N-dealkylation sites (tertiary alicyclic amines) is 1. The molecule has 1 amide bonds. The van der Waals surface area contributed by atoms with Gasteiger partial charge in [0.2, 0.25) is 0 Å². The molecule has 2 aromatic rings. The number of carbonyl (C=O) groups excluding carboxylic acids is 1. The Morgan fingerprint density at radius 1 is 1.27 bits per heavy atom. The maximum absolute atomic E-state index is 12.5. The van der Waals surface area contributed by atoms with Crippen molar-refractivity contribution < 1.29 is 4.79 Å². The molecule has 0 saturated carbocycles. The van der Waals surface area contributed by atoms with Gasteiger partial charge in [-0.05, 0) is 42.5 Å². The van der Waals surface area contributed by atoms with Gasteiger partial charge in [0.25, 0.3) is 5.91 Å². The molecule has 0 atom stereocenters. The van der Waals surface area contributed by atoms with Crippen LogP contribution in [-0.2, 0) is 12.8 Å². The molecule has 2 heterocycles. The lowest BCUT2D eigenvalue weighted by Crippen LogP contribution is -2.50. The Balaban J connectivity index is 1.55. The lowest BCUT2D eigenvalue weighted by atomic mass is 9.91. The van der Waals surface area contributed by atoms with Crippen molar-refractivity contribution in [3.8, 4) is 0 Å². The highest BCUT2D eigenvalue weighted by Crippen LogP contribution is 2.24. The predicted octanol–water partition coefficient (Wildman–Crippen LogP) is 3.94. The first-order chi connectivity index (χ1) is 10.7. The van der Waals surface area contributed by atoms with Gasteiger partial charge in [-0.1, -0.05) is 37.1 Å². The summed E-state index contributed by atoms with van der Waals surface area (Å²) in [6.07, 6.45) is 4.84. The summed E-state index contributed by atoms with van der Waals surface area (Å²) in [5, 5.41) is 0.769. The van der Waals surface area contributed by atoms with E-state index < -0.39 is 0 Å². The lowest BCUT2D eigenvalue weighted by Gasteiger charge is -2.39. The van der Waals surface area contributed by atoms with Crippen molar-refractivity contribution in [3.63, 3.8) is 0 Å². The van der Waals surface area contributed by atoms with Gasteiger partial charge in [0, 0.05) is 30.0 Å². The first-order valence-corrected chi connectivity index (χ1v) is 8.25. The molecule has 0 aliphatic carbocycles. The van der Waals surface area contributed by atoms with Crippen LogP contribution < -0.4 is 0 Å².